The number of likely N-dealkylation sites (tertiary alicyclic amines) is 1. The van der Waals surface area contributed by atoms with Gasteiger partial charge in [-0.25, -0.2) is 13.6 Å². The highest BCUT2D eigenvalue weighted by Gasteiger charge is 2.54. The summed E-state index contributed by atoms with van der Waals surface area (Å²) in [7, 11) is 0. The molecule has 2 saturated heterocycles. The summed E-state index contributed by atoms with van der Waals surface area (Å²) in [5.41, 5.74) is 0.345. The molecule has 4 heterocycles. The van der Waals surface area contributed by atoms with E-state index in [9.17, 15) is 13.6 Å². The Kier molecular flexibility index (Phi) is 3.68. The molecular formula is C19H19F2N5O2. The minimum atomic E-state index is -0.993. The fourth-order valence-electron chi connectivity index (χ4n) is 4.27. The van der Waals surface area contributed by atoms with Crippen molar-refractivity contribution in [3.8, 4) is 5.75 Å². The van der Waals surface area contributed by atoms with Crippen LogP contribution in [0.2, 0.25) is 0 Å². The van der Waals surface area contributed by atoms with Crippen molar-refractivity contribution in [1.82, 2.24) is 15.1 Å². The van der Waals surface area contributed by atoms with Crippen LogP contribution in [0.5, 0.6) is 5.75 Å². The lowest BCUT2D eigenvalue weighted by atomic mass is 9.73. The minimum Gasteiger partial charge on any atom is -0.489 e. The maximum atomic E-state index is 13.8. The molecule has 2 amide bonds. The molecule has 1 aromatic heterocycles. The second-order valence-electron chi connectivity index (χ2n) is 7.84. The molecule has 9 heteroatoms. The number of nitrogens with zero attached hydrogens (tertiary/aromatic N) is 5. The van der Waals surface area contributed by atoms with Crippen LogP contribution in [0.1, 0.15) is 6.92 Å². The van der Waals surface area contributed by atoms with Crippen molar-refractivity contribution in [2.75, 3.05) is 42.6 Å². The van der Waals surface area contributed by atoms with Crippen molar-refractivity contribution < 1.29 is 18.3 Å². The molecule has 2 fully saturated rings. The molecule has 3 aliphatic heterocycles. The summed E-state index contributed by atoms with van der Waals surface area (Å²) < 4.78 is 32.8. The number of amides is 2. The first-order chi connectivity index (χ1) is 13.5. The molecule has 7 nitrogen and oxygen atoms in total. The smallest absolute Gasteiger partial charge is 0.325 e. The van der Waals surface area contributed by atoms with Crippen molar-refractivity contribution in [1.29, 1.82) is 0 Å². The Morgan fingerprint density at radius 2 is 1.96 bits per heavy atom. The van der Waals surface area contributed by atoms with E-state index >= 15 is 0 Å². The average Bonchev–Trinajstić information content (AvgIpc) is 2.61. The van der Waals surface area contributed by atoms with Crippen LogP contribution in [0.4, 0.5) is 25.1 Å². The number of urea groups is 1. The van der Waals surface area contributed by atoms with Gasteiger partial charge in [-0.2, -0.15) is 5.10 Å². The number of rotatable bonds is 1. The molecule has 2 aromatic rings. The molecule has 1 aromatic carbocycles. The van der Waals surface area contributed by atoms with Gasteiger partial charge in [0.15, 0.2) is 17.5 Å². The third kappa shape index (κ3) is 2.56. The number of anilines is 2. The van der Waals surface area contributed by atoms with Crippen LogP contribution in [-0.4, -0.2) is 60.0 Å². The van der Waals surface area contributed by atoms with E-state index in [1.165, 1.54) is 4.90 Å². The van der Waals surface area contributed by atoms with E-state index in [0.717, 1.165) is 31.0 Å². The van der Waals surface area contributed by atoms with E-state index in [2.05, 4.69) is 15.1 Å². The standard InChI is InChI=1S/C19H19F2N5O2/c1-12-7-28-16-6-14(21)13(20)5-15(16)26(12)18(27)25-10-19(11-25)8-24(9-19)17-3-2-4-22-23-17/h2-6,12H,7-11H2,1H3. The van der Waals surface area contributed by atoms with Gasteiger partial charge in [0.1, 0.15) is 12.4 Å². The van der Waals surface area contributed by atoms with Gasteiger partial charge in [-0.15, -0.1) is 5.10 Å². The number of hydrogen-bond acceptors (Lipinski definition) is 5. The van der Waals surface area contributed by atoms with Gasteiger partial charge in [0.25, 0.3) is 0 Å². The molecule has 0 aliphatic carbocycles. The highest BCUT2D eigenvalue weighted by Crippen LogP contribution is 2.43. The predicted octanol–water partition coefficient (Wildman–Crippen LogP) is 2.28. The summed E-state index contributed by atoms with van der Waals surface area (Å²) in [5, 5.41) is 8.00. The Morgan fingerprint density at radius 1 is 1.21 bits per heavy atom. The Hall–Kier alpha value is -2.97. The lowest BCUT2D eigenvalue weighted by Gasteiger charge is -2.61. The zero-order valence-corrected chi connectivity index (χ0v) is 15.3. The van der Waals surface area contributed by atoms with Crippen molar-refractivity contribution in [2.24, 2.45) is 5.41 Å². The first-order valence-electron chi connectivity index (χ1n) is 9.18. The van der Waals surface area contributed by atoms with Crippen LogP contribution in [0, 0.1) is 17.0 Å². The zero-order chi connectivity index (χ0) is 19.5. The van der Waals surface area contributed by atoms with Gasteiger partial charge in [0, 0.05) is 49.9 Å². The molecule has 0 bridgehead atoms. The Balaban J connectivity index is 1.28. The van der Waals surface area contributed by atoms with Crippen LogP contribution >= 0.6 is 0 Å². The van der Waals surface area contributed by atoms with Crippen molar-refractivity contribution >= 4 is 17.5 Å². The first-order valence-corrected chi connectivity index (χ1v) is 9.18. The van der Waals surface area contributed by atoms with E-state index in [1.807, 2.05) is 19.1 Å². The molecule has 3 aliphatic rings. The van der Waals surface area contributed by atoms with Crippen LogP contribution in [0.25, 0.3) is 0 Å². The Bertz CT molecular complexity index is 927. The number of benzene rings is 1. The SMILES string of the molecule is CC1COc2cc(F)c(F)cc2N1C(=O)N1CC2(C1)CN(c1cccnn1)C2. The lowest BCUT2D eigenvalue weighted by molar-refractivity contribution is 0.00849. The predicted molar refractivity (Wildman–Crippen MR) is 97.4 cm³/mol. The summed E-state index contributed by atoms with van der Waals surface area (Å²) in [6.07, 6.45) is 1.64. The van der Waals surface area contributed by atoms with Gasteiger partial charge < -0.3 is 14.5 Å². The van der Waals surface area contributed by atoms with Gasteiger partial charge in [-0.3, -0.25) is 4.90 Å². The first kappa shape index (κ1) is 17.2. The maximum absolute atomic E-state index is 13.8. The summed E-state index contributed by atoms with van der Waals surface area (Å²) in [5.74, 6) is -0.945. The number of ether oxygens (including phenoxy) is 1. The third-order valence-electron chi connectivity index (χ3n) is 5.65. The van der Waals surface area contributed by atoms with Crippen LogP contribution in [0.15, 0.2) is 30.5 Å². The van der Waals surface area contributed by atoms with Gasteiger partial charge >= 0.3 is 6.03 Å². The highest BCUT2D eigenvalue weighted by molar-refractivity contribution is 5.95. The normalized spacial score (nSPS) is 22.2. The summed E-state index contributed by atoms with van der Waals surface area (Å²) in [4.78, 5) is 18.5. The molecule has 146 valence electrons. The fraction of sp³-hybridized carbons (Fsp3) is 0.421. The van der Waals surface area contributed by atoms with Crippen molar-refractivity contribution in [3.63, 3.8) is 0 Å². The summed E-state index contributed by atoms with van der Waals surface area (Å²) >= 11 is 0. The van der Waals surface area contributed by atoms with E-state index in [1.54, 1.807) is 11.1 Å². The maximum Gasteiger partial charge on any atom is 0.325 e. The molecular weight excluding hydrogens is 368 g/mol. The van der Waals surface area contributed by atoms with Gasteiger partial charge in [-0.1, -0.05) is 0 Å². The molecule has 1 unspecified atom stereocenters. The van der Waals surface area contributed by atoms with Crippen LogP contribution in [0.3, 0.4) is 0 Å². The number of hydrogen-bond donors (Lipinski definition) is 0. The number of fused-ring (bicyclic) bond motifs is 1. The van der Waals surface area contributed by atoms with Gasteiger partial charge in [-0.05, 0) is 19.1 Å². The monoisotopic (exact) mass is 387 g/mol. The molecule has 5 rings (SSSR count). The van der Waals surface area contributed by atoms with E-state index < -0.39 is 11.6 Å². The molecule has 28 heavy (non-hydrogen) atoms. The quantitative estimate of drug-likeness (QED) is 0.751. The van der Waals surface area contributed by atoms with E-state index in [4.69, 9.17) is 4.74 Å². The number of carbonyl (C=O) groups excluding carboxylic acids is 1. The molecule has 1 spiro atoms. The number of aromatic nitrogens is 2. The third-order valence-corrected chi connectivity index (χ3v) is 5.65. The van der Waals surface area contributed by atoms with E-state index in [-0.39, 0.29) is 35.5 Å². The molecule has 1 atom stereocenters. The summed E-state index contributed by atoms with van der Waals surface area (Å²) in [6, 6.07) is 5.34. The molecule has 0 saturated carbocycles. The van der Waals surface area contributed by atoms with Gasteiger partial charge in [0.05, 0.1) is 11.7 Å². The number of carbonyl (C=O) groups is 1. The van der Waals surface area contributed by atoms with Crippen LogP contribution in [-0.2, 0) is 0 Å². The largest absolute Gasteiger partial charge is 0.489 e. The minimum absolute atomic E-state index is 0.0690. The van der Waals surface area contributed by atoms with E-state index in [0.29, 0.717) is 13.1 Å². The zero-order valence-electron chi connectivity index (χ0n) is 15.3. The van der Waals surface area contributed by atoms with Crippen molar-refractivity contribution in [3.05, 3.63) is 42.1 Å². The molecule has 0 N–H and O–H groups in total. The second kappa shape index (κ2) is 6.02. The summed E-state index contributed by atoms with van der Waals surface area (Å²) in [6.45, 7) is 4.98. The number of halogens is 2. The van der Waals surface area contributed by atoms with Gasteiger partial charge in [0.2, 0.25) is 0 Å². The van der Waals surface area contributed by atoms with Crippen molar-refractivity contribution in [2.45, 2.75) is 13.0 Å². The highest BCUT2D eigenvalue weighted by atomic mass is 19.2. The lowest BCUT2D eigenvalue weighted by Crippen LogP contribution is -2.74. The Labute approximate surface area is 160 Å². The second-order valence-corrected chi connectivity index (χ2v) is 7.84. The van der Waals surface area contributed by atoms with Crippen LogP contribution < -0.4 is 14.5 Å². The topological polar surface area (TPSA) is 61.8 Å². The fourth-order valence-corrected chi connectivity index (χ4v) is 4.27. The Morgan fingerprint density at radius 3 is 2.68 bits per heavy atom. The average molecular weight is 387 g/mol. The molecule has 0 radical (unpaired) electrons.